The van der Waals surface area contributed by atoms with Crippen LogP contribution in [0.4, 0.5) is 0 Å². The largest absolute Gasteiger partial charge is 0.343 e. The van der Waals surface area contributed by atoms with E-state index < -0.39 is 0 Å². The van der Waals surface area contributed by atoms with Crippen LogP contribution >= 0.6 is 0 Å². The molecule has 2 fully saturated rings. The second-order valence-electron chi connectivity index (χ2n) is 8.12. The van der Waals surface area contributed by atoms with Gasteiger partial charge in [0.25, 0.3) is 0 Å². The Balaban J connectivity index is 1.55. The van der Waals surface area contributed by atoms with Crippen molar-refractivity contribution in [1.82, 2.24) is 24.6 Å². The molecular weight excluding hydrogens is 314 g/mol. The molecule has 2 aliphatic rings. The molecule has 0 atom stereocenters. The van der Waals surface area contributed by atoms with E-state index in [0.717, 1.165) is 44.1 Å². The number of piperidine rings is 2. The summed E-state index contributed by atoms with van der Waals surface area (Å²) in [5.41, 5.74) is 0. The number of aromatic nitrogens is 3. The summed E-state index contributed by atoms with van der Waals surface area (Å²) in [6.45, 7) is 9.18. The SMILES string of the molecule is CC(C)CC(=O)N1CCC(c2nnc(CN3CCCCC3)n2C)CC1. The van der Waals surface area contributed by atoms with Gasteiger partial charge >= 0.3 is 0 Å². The van der Waals surface area contributed by atoms with E-state index in [4.69, 9.17) is 0 Å². The minimum absolute atomic E-state index is 0.303. The van der Waals surface area contributed by atoms with Crippen LogP contribution in [0.1, 0.15) is 69.9 Å². The molecule has 0 aliphatic carbocycles. The van der Waals surface area contributed by atoms with Crippen molar-refractivity contribution >= 4 is 5.91 Å². The third-order valence-corrected chi connectivity index (χ3v) is 5.61. The number of nitrogens with zero attached hydrogens (tertiary/aromatic N) is 5. The molecule has 0 saturated carbocycles. The number of carbonyl (C=O) groups excluding carboxylic acids is 1. The van der Waals surface area contributed by atoms with E-state index in [1.54, 1.807) is 0 Å². The Morgan fingerprint density at radius 1 is 1.08 bits per heavy atom. The predicted molar refractivity (Wildman–Crippen MR) is 98.1 cm³/mol. The van der Waals surface area contributed by atoms with E-state index in [-0.39, 0.29) is 0 Å². The summed E-state index contributed by atoms with van der Waals surface area (Å²) in [5.74, 6) is 3.34. The predicted octanol–water partition coefficient (Wildman–Crippen LogP) is 2.55. The van der Waals surface area contributed by atoms with Gasteiger partial charge in [-0.25, -0.2) is 0 Å². The van der Waals surface area contributed by atoms with E-state index in [1.165, 1.54) is 32.4 Å². The fourth-order valence-electron chi connectivity index (χ4n) is 4.05. The van der Waals surface area contributed by atoms with Crippen molar-refractivity contribution in [2.24, 2.45) is 13.0 Å². The molecule has 0 spiro atoms. The van der Waals surface area contributed by atoms with Crippen LogP contribution in [0.2, 0.25) is 0 Å². The van der Waals surface area contributed by atoms with Crippen molar-refractivity contribution in [2.75, 3.05) is 26.2 Å². The molecule has 0 aromatic carbocycles. The smallest absolute Gasteiger partial charge is 0.222 e. The van der Waals surface area contributed by atoms with Gasteiger partial charge in [0.1, 0.15) is 11.6 Å². The number of carbonyl (C=O) groups is 1. The van der Waals surface area contributed by atoms with Crippen molar-refractivity contribution < 1.29 is 4.79 Å². The van der Waals surface area contributed by atoms with Gasteiger partial charge in [-0.15, -0.1) is 10.2 Å². The molecule has 0 unspecified atom stereocenters. The number of hydrogen-bond acceptors (Lipinski definition) is 4. The first kappa shape index (κ1) is 18.4. The van der Waals surface area contributed by atoms with Gasteiger partial charge in [-0.2, -0.15) is 0 Å². The van der Waals surface area contributed by atoms with Crippen LogP contribution in [0.3, 0.4) is 0 Å². The fraction of sp³-hybridized carbons (Fsp3) is 0.842. The molecule has 25 heavy (non-hydrogen) atoms. The molecule has 1 amide bonds. The topological polar surface area (TPSA) is 54.3 Å². The second kappa shape index (κ2) is 8.30. The van der Waals surface area contributed by atoms with Gasteiger partial charge in [0.15, 0.2) is 0 Å². The van der Waals surface area contributed by atoms with Gasteiger partial charge in [0.2, 0.25) is 5.91 Å². The lowest BCUT2D eigenvalue weighted by Gasteiger charge is -2.32. The lowest BCUT2D eigenvalue weighted by atomic mass is 9.95. The lowest BCUT2D eigenvalue weighted by molar-refractivity contribution is -0.133. The van der Waals surface area contributed by atoms with E-state index >= 15 is 0 Å². The number of hydrogen-bond donors (Lipinski definition) is 0. The molecule has 3 heterocycles. The zero-order chi connectivity index (χ0) is 17.8. The molecule has 0 bridgehead atoms. The third-order valence-electron chi connectivity index (χ3n) is 5.61. The van der Waals surface area contributed by atoms with E-state index in [0.29, 0.717) is 24.2 Å². The monoisotopic (exact) mass is 347 g/mol. The molecule has 2 saturated heterocycles. The van der Waals surface area contributed by atoms with Crippen molar-refractivity contribution in [1.29, 1.82) is 0 Å². The fourth-order valence-corrected chi connectivity index (χ4v) is 4.05. The van der Waals surface area contributed by atoms with Gasteiger partial charge in [0, 0.05) is 32.5 Å². The van der Waals surface area contributed by atoms with Crippen LogP contribution in [-0.4, -0.2) is 56.7 Å². The van der Waals surface area contributed by atoms with Crippen LogP contribution < -0.4 is 0 Å². The van der Waals surface area contributed by atoms with E-state index in [9.17, 15) is 4.79 Å². The first-order valence-corrected chi connectivity index (χ1v) is 9.93. The van der Waals surface area contributed by atoms with Crippen molar-refractivity contribution in [3.8, 4) is 0 Å². The van der Waals surface area contributed by atoms with Gasteiger partial charge in [-0.3, -0.25) is 9.69 Å². The minimum Gasteiger partial charge on any atom is -0.343 e. The van der Waals surface area contributed by atoms with Crippen molar-refractivity contribution in [2.45, 2.75) is 64.8 Å². The van der Waals surface area contributed by atoms with Gasteiger partial charge < -0.3 is 9.47 Å². The van der Waals surface area contributed by atoms with Crippen LogP contribution in [0.5, 0.6) is 0 Å². The van der Waals surface area contributed by atoms with Gasteiger partial charge in [-0.05, 0) is 44.7 Å². The average molecular weight is 348 g/mol. The normalized spacial score (nSPS) is 20.4. The Kier molecular flexibility index (Phi) is 6.10. The Labute approximate surface area is 151 Å². The van der Waals surface area contributed by atoms with Crippen molar-refractivity contribution in [3.63, 3.8) is 0 Å². The zero-order valence-electron chi connectivity index (χ0n) is 16.1. The summed E-state index contributed by atoms with van der Waals surface area (Å²) < 4.78 is 2.20. The van der Waals surface area contributed by atoms with Crippen LogP contribution in [-0.2, 0) is 18.4 Å². The van der Waals surface area contributed by atoms with Crippen LogP contribution in [0, 0.1) is 5.92 Å². The highest BCUT2D eigenvalue weighted by atomic mass is 16.2. The van der Waals surface area contributed by atoms with E-state index in [1.807, 2.05) is 4.90 Å². The highest BCUT2D eigenvalue weighted by Gasteiger charge is 2.27. The molecule has 140 valence electrons. The summed E-state index contributed by atoms with van der Waals surface area (Å²) in [4.78, 5) is 16.8. The molecule has 3 rings (SSSR count). The summed E-state index contributed by atoms with van der Waals surface area (Å²) in [5, 5.41) is 8.98. The first-order chi connectivity index (χ1) is 12.0. The number of likely N-dealkylation sites (tertiary alicyclic amines) is 2. The van der Waals surface area contributed by atoms with Gasteiger partial charge in [0.05, 0.1) is 6.54 Å². The maximum Gasteiger partial charge on any atom is 0.222 e. The van der Waals surface area contributed by atoms with Crippen LogP contribution in [0.15, 0.2) is 0 Å². The minimum atomic E-state index is 0.303. The number of amides is 1. The van der Waals surface area contributed by atoms with E-state index in [2.05, 4.69) is 40.6 Å². The molecular formula is C19H33N5O. The maximum atomic E-state index is 12.2. The number of rotatable bonds is 5. The highest BCUT2D eigenvalue weighted by molar-refractivity contribution is 5.76. The average Bonchev–Trinajstić information content (AvgIpc) is 2.96. The highest BCUT2D eigenvalue weighted by Crippen LogP contribution is 2.27. The Morgan fingerprint density at radius 3 is 2.40 bits per heavy atom. The summed E-state index contributed by atoms with van der Waals surface area (Å²) in [6.07, 6.45) is 6.61. The Hall–Kier alpha value is -1.43. The lowest BCUT2D eigenvalue weighted by Crippen LogP contribution is -2.38. The Morgan fingerprint density at radius 2 is 1.76 bits per heavy atom. The molecule has 1 aromatic rings. The van der Waals surface area contributed by atoms with Crippen molar-refractivity contribution in [3.05, 3.63) is 11.6 Å². The second-order valence-corrected chi connectivity index (χ2v) is 8.12. The molecule has 1 aromatic heterocycles. The third kappa shape index (κ3) is 4.60. The molecule has 6 nitrogen and oxygen atoms in total. The van der Waals surface area contributed by atoms with Gasteiger partial charge in [-0.1, -0.05) is 20.3 Å². The summed E-state index contributed by atoms with van der Waals surface area (Å²) in [6, 6.07) is 0. The standard InChI is InChI=1S/C19H33N5O/c1-15(2)13-18(25)24-11-7-16(8-12-24)19-21-20-17(22(19)3)14-23-9-5-4-6-10-23/h15-16H,4-14H2,1-3H3. The molecule has 0 N–H and O–H groups in total. The quantitative estimate of drug-likeness (QED) is 0.821. The first-order valence-electron chi connectivity index (χ1n) is 9.93. The molecule has 2 aliphatic heterocycles. The summed E-state index contributed by atoms with van der Waals surface area (Å²) in [7, 11) is 2.10. The molecule has 0 radical (unpaired) electrons. The Bertz CT molecular complexity index is 568. The zero-order valence-corrected chi connectivity index (χ0v) is 16.1. The maximum absolute atomic E-state index is 12.2. The summed E-state index contributed by atoms with van der Waals surface area (Å²) >= 11 is 0. The van der Waals surface area contributed by atoms with Crippen LogP contribution in [0.25, 0.3) is 0 Å². The molecule has 6 heteroatoms.